The number of rotatable bonds is 2. The van der Waals surface area contributed by atoms with Crippen LogP contribution in [0.5, 0.6) is 0 Å². The van der Waals surface area contributed by atoms with E-state index < -0.39 is 0 Å². The number of pyridine rings is 1. The standard InChI is InChI=1S/C14H17N3O3/c1-16-12-11(3-2-6-15-12)13(18)17(14(16)19)9-10-4-7-20-8-5-10/h2-3,6,10H,4-5,7-9H2,1H3. The van der Waals surface area contributed by atoms with E-state index in [2.05, 4.69) is 4.98 Å². The monoisotopic (exact) mass is 275 g/mol. The van der Waals surface area contributed by atoms with Gasteiger partial charge in [-0.25, -0.2) is 9.78 Å². The lowest BCUT2D eigenvalue weighted by atomic mass is 10.0. The molecule has 0 aromatic carbocycles. The Morgan fingerprint density at radius 1 is 1.35 bits per heavy atom. The van der Waals surface area contributed by atoms with Crippen molar-refractivity contribution in [2.45, 2.75) is 19.4 Å². The molecule has 3 rings (SSSR count). The van der Waals surface area contributed by atoms with Gasteiger partial charge in [-0.05, 0) is 30.9 Å². The zero-order valence-electron chi connectivity index (χ0n) is 11.4. The predicted octanol–water partition coefficient (Wildman–Crippen LogP) is 0.522. The number of hydrogen-bond acceptors (Lipinski definition) is 4. The van der Waals surface area contributed by atoms with Crippen molar-refractivity contribution < 1.29 is 4.74 Å². The van der Waals surface area contributed by atoms with E-state index in [1.54, 1.807) is 25.4 Å². The summed E-state index contributed by atoms with van der Waals surface area (Å²) in [5.74, 6) is 0.322. The van der Waals surface area contributed by atoms with Crippen molar-refractivity contribution in [1.82, 2.24) is 14.1 Å². The van der Waals surface area contributed by atoms with Crippen LogP contribution in [0, 0.1) is 5.92 Å². The van der Waals surface area contributed by atoms with Gasteiger partial charge in [0.25, 0.3) is 5.56 Å². The lowest BCUT2D eigenvalue weighted by molar-refractivity contribution is 0.0605. The van der Waals surface area contributed by atoms with Crippen LogP contribution >= 0.6 is 0 Å². The number of fused-ring (bicyclic) bond motifs is 1. The van der Waals surface area contributed by atoms with Gasteiger partial charge in [-0.15, -0.1) is 0 Å². The first-order chi connectivity index (χ1) is 9.68. The van der Waals surface area contributed by atoms with E-state index in [9.17, 15) is 9.59 Å². The van der Waals surface area contributed by atoms with Gasteiger partial charge in [-0.3, -0.25) is 13.9 Å². The number of nitrogens with zero attached hydrogens (tertiary/aromatic N) is 3. The molecule has 0 saturated carbocycles. The molecule has 6 nitrogen and oxygen atoms in total. The Bertz CT molecular complexity index is 741. The number of aromatic nitrogens is 3. The molecular formula is C14H17N3O3. The molecule has 0 aliphatic carbocycles. The quantitative estimate of drug-likeness (QED) is 0.801. The van der Waals surface area contributed by atoms with Crippen molar-refractivity contribution in [3.63, 3.8) is 0 Å². The molecule has 1 aliphatic rings. The Labute approximate surface area is 115 Å². The summed E-state index contributed by atoms with van der Waals surface area (Å²) in [6.07, 6.45) is 3.37. The summed E-state index contributed by atoms with van der Waals surface area (Å²) in [6, 6.07) is 3.43. The normalized spacial score (nSPS) is 16.6. The molecule has 0 atom stereocenters. The fourth-order valence-electron chi connectivity index (χ4n) is 2.68. The summed E-state index contributed by atoms with van der Waals surface area (Å²) in [7, 11) is 1.65. The van der Waals surface area contributed by atoms with Crippen molar-refractivity contribution in [3.8, 4) is 0 Å². The van der Waals surface area contributed by atoms with E-state index in [1.165, 1.54) is 9.13 Å². The molecule has 3 heterocycles. The molecule has 6 heteroatoms. The van der Waals surface area contributed by atoms with E-state index >= 15 is 0 Å². The molecule has 20 heavy (non-hydrogen) atoms. The molecule has 2 aromatic heterocycles. The molecule has 0 N–H and O–H groups in total. The van der Waals surface area contributed by atoms with Crippen molar-refractivity contribution in [2.75, 3.05) is 13.2 Å². The van der Waals surface area contributed by atoms with E-state index in [0.29, 0.717) is 36.7 Å². The van der Waals surface area contributed by atoms with Crippen molar-refractivity contribution >= 4 is 11.0 Å². The summed E-state index contributed by atoms with van der Waals surface area (Å²) in [4.78, 5) is 28.9. The Kier molecular flexibility index (Phi) is 3.40. The number of aryl methyl sites for hydroxylation is 1. The highest BCUT2D eigenvalue weighted by Gasteiger charge is 2.18. The second kappa shape index (κ2) is 5.20. The Morgan fingerprint density at radius 2 is 2.10 bits per heavy atom. The third-order valence-electron chi connectivity index (χ3n) is 3.88. The topological polar surface area (TPSA) is 66.1 Å². The van der Waals surface area contributed by atoms with Gasteiger partial charge in [0.15, 0.2) is 0 Å². The maximum Gasteiger partial charge on any atom is 0.332 e. The molecule has 0 spiro atoms. The Hall–Kier alpha value is -1.95. The van der Waals surface area contributed by atoms with Crippen LogP contribution in [0.2, 0.25) is 0 Å². The second-order valence-corrected chi connectivity index (χ2v) is 5.19. The van der Waals surface area contributed by atoms with E-state index in [4.69, 9.17) is 4.74 Å². The van der Waals surface area contributed by atoms with Crippen LogP contribution in [0.1, 0.15) is 12.8 Å². The van der Waals surface area contributed by atoms with Gasteiger partial charge in [0.1, 0.15) is 5.65 Å². The van der Waals surface area contributed by atoms with Gasteiger partial charge in [0, 0.05) is 33.0 Å². The molecule has 2 aromatic rings. The highest BCUT2D eigenvalue weighted by Crippen LogP contribution is 2.15. The smallest absolute Gasteiger partial charge is 0.332 e. The van der Waals surface area contributed by atoms with Gasteiger partial charge in [0.2, 0.25) is 0 Å². The van der Waals surface area contributed by atoms with E-state index in [1.807, 2.05) is 0 Å². The average molecular weight is 275 g/mol. The fraction of sp³-hybridized carbons (Fsp3) is 0.500. The zero-order valence-corrected chi connectivity index (χ0v) is 11.4. The predicted molar refractivity (Wildman–Crippen MR) is 74.8 cm³/mol. The maximum absolute atomic E-state index is 12.5. The summed E-state index contributed by atoms with van der Waals surface area (Å²) < 4.78 is 8.09. The third-order valence-corrected chi connectivity index (χ3v) is 3.88. The molecule has 1 fully saturated rings. The molecule has 0 amide bonds. The van der Waals surface area contributed by atoms with Crippen molar-refractivity contribution in [1.29, 1.82) is 0 Å². The van der Waals surface area contributed by atoms with Crippen LogP contribution in [0.25, 0.3) is 11.0 Å². The number of ether oxygens (including phenoxy) is 1. The van der Waals surface area contributed by atoms with Crippen LogP contribution in [0.4, 0.5) is 0 Å². The summed E-state index contributed by atoms with van der Waals surface area (Å²) in [6.45, 7) is 1.86. The Morgan fingerprint density at radius 3 is 2.85 bits per heavy atom. The maximum atomic E-state index is 12.5. The van der Waals surface area contributed by atoms with Crippen LogP contribution in [-0.2, 0) is 18.3 Å². The zero-order chi connectivity index (χ0) is 14.1. The highest BCUT2D eigenvalue weighted by molar-refractivity contribution is 5.73. The van der Waals surface area contributed by atoms with Crippen molar-refractivity contribution in [3.05, 3.63) is 39.2 Å². The van der Waals surface area contributed by atoms with Gasteiger partial charge in [-0.2, -0.15) is 0 Å². The summed E-state index contributed by atoms with van der Waals surface area (Å²) >= 11 is 0. The molecule has 106 valence electrons. The average Bonchev–Trinajstić information content (AvgIpc) is 2.50. The third kappa shape index (κ3) is 2.16. The van der Waals surface area contributed by atoms with Gasteiger partial charge >= 0.3 is 5.69 Å². The molecule has 1 saturated heterocycles. The highest BCUT2D eigenvalue weighted by atomic mass is 16.5. The SMILES string of the molecule is Cn1c(=O)n(CC2CCOCC2)c(=O)c2cccnc21. The van der Waals surface area contributed by atoms with Crippen molar-refractivity contribution in [2.24, 2.45) is 13.0 Å². The minimum Gasteiger partial charge on any atom is -0.381 e. The molecule has 0 unspecified atom stereocenters. The number of hydrogen-bond donors (Lipinski definition) is 0. The fourth-order valence-corrected chi connectivity index (χ4v) is 2.68. The second-order valence-electron chi connectivity index (χ2n) is 5.19. The van der Waals surface area contributed by atoms with E-state index in [-0.39, 0.29) is 11.2 Å². The van der Waals surface area contributed by atoms with Gasteiger partial charge in [-0.1, -0.05) is 0 Å². The molecular weight excluding hydrogens is 258 g/mol. The first-order valence-corrected chi connectivity index (χ1v) is 6.81. The largest absolute Gasteiger partial charge is 0.381 e. The minimum absolute atomic E-state index is 0.248. The summed E-state index contributed by atoms with van der Waals surface area (Å²) in [5, 5.41) is 0.488. The molecule has 0 bridgehead atoms. The van der Waals surface area contributed by atoms with Crippen LogP contribution < -0.4 is 11.2 Å². The Balaban J connectivity index is 2.10. The first-order valence-electron chi connectivity index (χ1n) is 6.81. The molecule has 0 radical (unpaired) electrons. The molecule has 1 aliphatic heterocycles. The lowest BCUT2D eigenvalue weighted by Gasteiger charge is -2.22. The van der Waals surface area contributed by atoms with Crippen LogP contribution in [0.3, 0.4) is 0 Å². The minimum atomic E-state index is -0.298. The van der Waals surface area contributed by atoms with Crippen LogP contribution in [0.15, 0.2) is 27.9 Å². The van der Waals surface area contributed by atoms with Gasteiger partial charge in [0.05, 0.1) is 5.39 Å². The van der Waals surface area contributed by atoms with Crippen LogP contribution in [-0.4, -0.2) is 27.3 Å². The van der Waals surface area contributed by atoms with Gasteiger partial charge < -0.3 is 4.74 Å². The summed E-state index contributed by atoms with van der Waals surface area (Å²) in [5.41, 5.74) is -0.110. The van der Waals surface area contributed by atoms with E-state index in [0.717, 1.165) is 12.8 Å². The first kappa shape index (κ1) is 13.1. The lowest BCUT2D eigenvalue weighted by Crippen LogP contribution is -2.41.